The van der Waals surface area contributed by atoms with Gasteiger partial charge in [0.25, 0.3) is 0 Å². The molecule has 0 radical (unpaired) electrons. The lowest BCUT2D eigenvalue weighted by molar-refractivity contribution is -0.148. The summed E-state index contributed by atoms with van der Waals surface area (Å²) in [6.45, 7) is 6.19. The molecule has 0 aromatic heterocycles. The number of nitrogens with one attached hydrogen (secondary N) is 1. The maximum atomic E-state index is 12.1. The van der Waals surface area contributed by atoms with Gasteiger partial charge in [0.2, 0.25) is 5.91 Å². The fourth-order valence-electron chi connectivity index (χ4n) is 2.57. The summed E-state index contributed by atoms with van der Waals surface area (Å²) in [5, 5.41) is 12.3. The van der Waals surface area contributed by atoms with Gasteiger partial charge in [-0.05, 0) is 24.7 Å². The van der Waals surface area contributed by atoms with Crippen LogP contribution in [0.25, 0.3) is 0 Å². The summed E-state index contributed by atoms with van der Waals surface area (Å²) in [5.74, 6) is -0.289. The first-order valence-corrected chi connectivity index (χ1v) is 7.42. The maximum Gasteiger partial charge on any atom is 0.329 e. The van der Waals surface area contributed by atoms with Crippen LogP contribution >= 0.6 is 0 Å². The summed E-state index contributed by atoms with van der Waals surface area (Å²) in [7, 11) is 0. The van der Waals surface area contributed by atoms with Crippen LogP contribution in [-0.2, 0) is 9.59 Å². The molecule has 0 heterocycles. The molecule has 1 fully saturated rings. The SMILES string of the molecule is CC(C)C(C)CC(=O)NC1(C(=O)O)CCCCCC1. The van der Waals surface area contributed by atoms with Gasteiger partial charge in [-0.3, -0.25) is 4.79 Å². The Labute approximate surface area is 116 Å². The van der Waals surface area contributed by atoms with E-state index in [2.05, 4.69) is 19.2 Å². The Balaban J connectivity index is 2.67. The van der Waals surface area contributed by atoms with Crippen LogP contribution in [0.1, 0.15) is 65.7 Å². The Morgan fingerprint density at radius 3 is 2.05 bits per heavy atom. The Kier molecular flexibility index (Phi) is 5.83. The largest absolute Gasteiger partial charge is 0.480 e. The minimum absolute atomic E-state index is 0.120. The Morgan fingerprint density at radius 1 is 1.11 bits per heavy atom. The molecule has 110 valence electrons. The molecule has 0 aliphatic heterocycles. The van der Waals surface area contributed by atoms with Crippen molar-refractivity contribution in [2.75, 3.05) is 0 Å². The highest BCUT2D eigenvalue weighted by molar-refractivity contribution is 5.87. The van der Waals surface area contributed by atoms with Gasteiger partial charge in [0.1, 0.15) is 5.54 Å². The van der Waals surface area contributed by atoms with E-state index in [4.69, 9.17) is 0 Å². The third-order valence-corrected chi connectivity index (χ3v) is 4.39. The van der Waals surface area contributed by atoms with E-state index in [1.54, 1.807) is 0 Å². The number of aliphatic carboxylic acids is 1. The average molecular weight is 269 g/mol. The molecule has 0 spiro atoms. The lowest BCUT2D eigenvalue weighted by Gasteiger charge is -2.30. The lowest BCUT2D eigenvalue weighted by Crippen LogP contribution is -2.54. The minimum Gasteiger partial charge on any atom is -0.480 e. The van der Waals surface area contributed by atoms with Crippen LogP contribution in [0.15, 0.2) is 0 Å². The zero-order valence-corrected chi connectivity index (χ0v) is 12.4. The first-order valence-electron chi connectivity index (χ1n) is 7.42. The zero-order chi connectivity index (χ0) is 14.5. The topological polar surface area (TPSA) is 66.4 Å². The van der Waals surface area contributed by atoms with E-state index in [-0.39, 0.29) is 11.8 Å². The second-order valence-corrected chi connectivity index (χ2v) is 6.28. The van der Waals surface area contributed by atoms with Gasteiger partial charge in [-0.15, -0.1) is 0 Å². The summed E-state index contributed by atoms with van der Waals surface area (Å²) in [4.78, 5) is 23.6. The van der Waals surface area contributed by atoms with Crippen LogP contribution in [-0.4, -0.2) is 22.5 Å². The molecule has 4 nitrogen and oxygen atoms in total. The highest BCUT2D eigenvalue weighted by atomic mass is 16.4. The van der Waals surface area contributed by atoms with Gasteiger partial charge in [0.05, 0.1) is 0 Å². The molecular formula is C15H27NO3. The molecule has 0 aromatic rings. The lowest BCUT2D eigenvalue weighted by atomic mass is 9.88. The van der Waals surface area contributed by atoms with Crippen LogP contribution in [0.5, 0.6) is 0 Å². The van der Waals surface area contributed by atoms with Crippen molar-refractivity contribution in [2.45, 2.75) is 71.3 Å². The molecule has 4 heteroatoms. The number of hydrogen-bond donors (Lipinski definition) is 2. The molecule has 2 N–H and O–H groups in total. The fraction of sp³-hybridized carbons (Fsp3) is 0.867. The zero-order valence-electron chi connectivity index (χ0n) is 12.4. The van der Waals surface area contributed by atoms with Crippen LogP contribution in [0.3, 0.4) is 0 Å². The molecule has 0 bridgehead atoms. The summed E-state index contributed by atoms with van der Waals surface area (Å²) in [6.07, 6.45) is 5.42. The van der Waals surface area contributed by atoms with Gasteiger partial charge < -0.3 is 10.4 Å². The van der Waals surface area contributed by atoms with Crippen molar-refractivity contribution in [1.29, 1.82) is 0 Å². The number of carbonyl (C=O) groups excluding carboxylic acids is 1. The van der Waals surface area contributed by atoms with Crippen molar-refractivity contribution in [3.8, 4) is 0 Å². The number of carboxylic acid groups (broad SMARTS) is 1. The molecule has 1 saturated carbocycles. The predicted molar refractivity (Wildman–Crippen MR) is 74.8 cm³/mol. The van der Waals surface area contributed by atoms with Crippen molar-refractivity contribution in [3.05, 3.63) is 0 Å². The molecule has 1 rings (SSSR count). The van der Waals surface area contributed by atoms with E-state index in [0.717, 1.165) is 25.7 Å². The number of amides is 1. The van der Waals surface area contributed by atoms with E-state index in [1.165, 1.54) is 0 Å². The number of carboxylic acids is 1. The van der Waals surface area contributed by atoms with Crippen molar-refractivity contribution in [2.24, 2.45) is 11.8 Å². The maximum absolute atomic E-state index is 12.1. The highest BCUT2D eigenvalue weighted by Gasteiger charge is 2.40. The second-order valence-electron chi connectivity index (χ2n) is 6.28. The monoisotopic (exact) mass is 269 g/mol. The van der Waals surface area contributed by atoms with Crippen LogP contribution in [0.2, 0.25) is 0 Å². The van der Waals surface area contributed by atoms with Gasteiger partial charge >= 0.3 is 5.97 Å². The summed E-state index contributed by atoms with van der Waals surface area (Å²) >= 11 is 0. The highest BCUT2D eigenvalue weighted by Crippen LogP contribution is 2.28. The number of hydrogen-bond acceptors (Lipinski definition) is 2. The van der Waals surface area contributed by atoms with Gasteiger partial charge in [0, 0.05) is 6.42 Å². The summed E-state index contributed by atoms with van der Waals surface area (Å²) in [5.41, 5.74) is -1.02. The first-order chi connectivity index (χ1) is 8.87. The van der Waals surface area contributed by atoms with E-state index in [1.807, 2.05) is 6.92 Å². The Bertz CT molecular complexity index is 317. The second kappa shape index (κ2) is 6.92. The van der Waals surface area contributed by atoms with Crippen LogP contribution in [0, 0.1) is 11.8 Å². The van der Waals surface area contributed by atoms with Gasteiger partial charge in [-0.25, -0.2) is 4.79 Å². The minimum atomic E-state index is -1.02. The Hall–Kier alpha value is -1.06. The van der Waals surface area contributed by atoms with E-state index in [9.17, 15) is 14.7 Å². The number of rotatable bonds is 5. The summed E-state index contributed by atoms with van der Waals surface area (Å²) in [6, 6.07) is 0. The average Bonchev–Trinajstić information content (AvgIpc) is 2.55. The van der Waals surface area contributed by atoms with Crippen molar-refractivity contribution >= 4 is 11.9 Å². The van der Waals surface area contributed by atoms with E-state index < -0.39 is 11.5 Å². The van der Waals surface area contributed by atoms with E-state index in [0.29, 0.717) is 25.2 Å². The van der Waals surface area contributed by atoms with Crippen LogP contribution in [0.4, 0.5) is 0 Å². The van der Waals surface area contributed by atoms with Crippen LogP contribution < -0.4 is 5.32 Å². The molecule has 19 heavy (non-hydrogen) atoms. The molecular weight excluding hydrogens is 242 g/mol. The standard InChI is InChI=1S/C15H27NO3/c1-11(2)12(3)10-13(17)16-15(14(18)19)8-6-4-5-7-9-15/h11-12H,4-10H2,1-3H3,(H,16,17)(H,18,19). The molecule has 1 aliphatic rings. The number of carbonyl (C=O) groups is 2. The molecule has 1 aliphatic carbocycles. The van der Waals surface area contributed by atoms with Crippen molar-refractivity contribution in [3.63, 3.8) is 0 Å². The van der Waals surface area contributed by atoms with Gasteiger partial charge in [0.15, 0.2) is 0 Å². The van der Waals surface area contributed by atoms with Gasteiger partial charge in [-0.2, -0.15) is 0 Å². The van der Waals surface area contributed by atoms with Crippen molar-refractivity contribution in [1.82, 2.24) is 5.32 Å². The molecule has 0 saturated heterocycles. The molecule has 0 aromatic carbocycles. The molecule has 1 unspecified atom stereocenters. The fourth-order valence-corrected chi connectivity index (χ4v) is 2.57. The smallest absolute Gasteiger partial charge is 0.329 e. The third kappa shape index (κ3) is 4.51. The normalized spacial score (nSPS) is 20.6. The summed E-state index contributed by atoms with van der Waals surface area (Å²) < 4.78 is 0. The predicted octanol–water partition coefficient (Wildman–Crippen LogP) is 2.96. The first kappa shape index (κ1) is 16.0. The third-order valence-electron chi connectivity index (χ3n) is 4.39. The molecule has 1 amide bonds. The Morgan fingerprint density at radius 2 is 1.63 bits per heavy atom. The van der Waals surface area contributed by atoms with Crippen molar-refractivity contribution < 1.29 is 14.7 Å². The quantitative estimate of drug-likeness (QED) is 0.754. The van der Waals surface area contributed by atoms with Gasteiger partial charge in [-0.1, -0.05) is 46.5 Å². The van der Waals surface area contributed by atoms with E-state index >= 15 is 0 Å². The molecule has 1 atom stereocenters.